The van der Waals surface area contributed by atoms with Crippen LogP contribution in [0.5, 0.6) is 0 Å². The molecule has 3 atom stereocenters. The van der Waals surface area contributed by atoms with Crippen molar-refractivity contribution in [3.05, 3.63) is 29.6 Å². The van der Waals surface area contributed by atoms with Crippen molar-refractivity contribution >= 4 is 5.69 Å². The lowest BCUT2D eigenvalue weighted by molar-refractivity contribution is 0.320. The monoisotopic (exact) mass is 264 g/mol. The first-order valence-electron chi connectivity index (χ1n) is 7.28. The van der Waals surface area contributed by atoms with Crippen molar-refractivity contribution in [3.63, 3.8) is 0 Å². The molecule has 0 heterocycles. The summed E-state index contributed by atoms with van der Waals surface area (Å²) in [5.74, 6) is 0.473. The summed E-state index contributed by atoms with van der Waals surface area (Å²) in [6, 6.07) is 5.71. The number of halogens is 1. The molecule has 3 heteroatoms. The van der Waals surface area contributed by atoms with Crippen molar-refractivity contribution < 1.29 is 4.39 Å². The van der Waals surface area contributed by atoms with Gasteiger partial charge < -0.3 is 10.6 Å². The number of rotatable bonds is 3. The van der Waals surface area contributed by atoms with Gasteiger partial charge in [-0.3, -0.25) is 0 Å². The van der Waals surface area contributed by atoms with E-state index in [-0.39, 0.29) is 11.9 Å². The molecule has 0 amide bonds. The van der Waals surface area contributed by atoms with Gasteiger partial charge >= 0.3 is 0 Å². The zero-order valence-corrected chi connectivity index (χ0v) is 12.2. The van der Waals surface area contributed by atoms with Crippen LogP contribution < -0.4 is 10.6 Å². The van der Waals surface area contributed by atoms with Gasteiger partial charge in [0, 0.05) is 19.1 Å². The molecule has 0 bridgehead atoms. The minimum Gasteiger partial charge on any atom is -0.369 e. The fraction of sp³-hybridized carbons (Fsp3) is 0.625. The van der Waals surface area contributed by atoms with Gasteiger partial charge in [0.05, 0.1) is 5.69 Å². The number of hydrogen-bond donors (Lipinski definition) is 1. The molecule has 0 saturated heterocycles. The third-order valence-corrected chi connectivity index (χ3v) is 4.44. The van der Waals surface area contributed by atoms with Crippen molar-refractivity contribution in [2.75, 3.05) is 11.9 Å². The maximum absolute atomic E-state index is 14.2. The Balaban J connectivity index is 2.21. The number of benzene rings is 1. The standard InChI is InChI=1S/C16H25FN2/c1-11-6-4-5-7-15(11)19(3)16-9-8-13(12(2)18)10-14(16)17/h8-12,15H,4-7,18H2,1-3H3. The second kappa shape index (κ2) is 5.91. The van der Waals surface area contributed by atoms with Gasteiger partial charge in [-0.1, -0.05) is 25.8 Å². The molecule has 1 aliphatic rings. The summed E-state index contributed by atoms with van der Waals surface area (Å²) in [6.45, 7) is 4.15. The molecule has 1 aromatic carbocycles. The molecule has 3 unspecified atom stereocenters. The van der Waals surface area contributed by atoms with Gasteiger partial charge in [0.25, 0.3) is 0 Å². The number of anilines is 1. The lowest BCUT2D eigenvalue weighted by atomic mass is 9.85. The zero-order valence-electron chi connectivity index (χ0n) is 12.2. The van der Waals surface area contributed by atoms with Crippen molar-refractivity contribution in [1.82, 2.24) is 0 Å². The fourth-order valence-electron chi connectivity index (χ4n) is 3.14. The molecule has 2 N–H and O–H groups in total. The third-order valence-electron chi connectivity index (χ3n) is 4.44. The van der Waals surface area contributed by atoms with Crippen LogP contribution in [0.4, 0.5) is 10.1 Å². The summed E-state index contributed by atoms with van der Waals surface area (Å²) in [5, 5.41) is 0. The maximum atomic E-state index is 14.2. The summed E-state index contributed by atoms with van der Waals surface area (Å²) in [4.78, 5) is 2.12. The molecule has 0 radical (unpaired) electrons. The Hall–Kier alpha value is -1.09. The van der Waals surface area contributed by atoms with Crippen molar-refractivity contribution in [1.29, 1.82) is 0 Å². The van der Waals surface area contributed by atoms with E-state index in [0.717, 1.165) is 12.0 Å². The van der Waals surface area contributed by atoms with E-state index in [1.54, 1.807) is 6.07 Å². The number of nitrogens with two attached hydrogens (primary N) is 1. The smallest absolute Gasteiger partial charge is 0.146 e. The predicted molar refractivity (Wildman–Crippen MR) is 78.8 cm³/mol. The average molecular weight is 264 g/mol. The van der Waals surface area contributed by atoms with Crippen molar-refractivity contribution in [2.24, 2.45) is 11.7 Å². The Morgan fingerprint density at radius 3 is 2.58 bits per heavy atom. The van der Waals surface area contributed by atoms with Crippen LogP contribution in [-0.2, 0) is 0 Å². The molecule has 106 valence electrons. The summed E-state index contributed by atoms with van der Waals surface area (Å²) in [7, 11) is 2.01. The van der Waals surface area contributed by atoms with E-state index in [1.807, 2.05) is 26.1 Å². The highest BCUT2D eigenvalue weighted by molar-refractivity contribution is 5.50. The van der Waals surface area contributed by atoms with Crippen LogP contribution in [0.25, 0.3) is 0 Å². The second-order valence-electron chi connectivity index (χ2n) is 5.94. The molecule has 1 aliphatic carbocycles. The van der Waals surface area contributed by atoms with Crippen LogP contribution in [0.15, 0.2) is 18.2 Å². The molecule has 1 fully saturated rings. The lowest BCUT2D eigenvalue weighted by Crippen LogP contribution is -2.39. The first-order valence-corrected chi connectivity index (χ1v) is 7.28. The van der Waals surface area contributed by atoms with E-state index in [2.05, 4.69) is 11.8 Å². The topological polar surface area (TPSA) is 29.3 Å². The minimum absolute atomic E-state index is 0.123. The van der Waals surface area contributed by atoms with Gasteiger partial charge in [0.2, 0.25) is 0 Å². The largest absolute Gasteiger partial charge is 0.369 e. The van der Waals surface area contributed by atoms with E-state index in [1.165, 1.54) is 19.3 Å². The third kappa shape index (κ3) is 3.08. The summed E-state index contributed by atoms with van der Waals surface area (Å²) in [5.41, 5.74) is 7.34. The fourth-order valence-corrected chi connectivity index (χ4v) is 3.14. The Labute approximate surface area is 115 Å². The van der Waals surface area contributed by atoms with E-state index in [9.17, 15) is 4.39 Å². The quantitative estimate of drug-likeness (QED) is 0.898. The van der Waals surface area contributed by atoms with Gasteiger partial charge in [-0.05, 0) is 43.4 Å². The van der Waals surface area contributed by atoms with Crippen LogP contribution in [0.2, 0.25) is 0 Å². The molecule has 0 aliphatic heterocycles. The lowest BCUT2D eigenvalue weighted by Gasteiger charge is -2.38. The van der Waals surface area contributed by atoms with Gasteiger partial charge in [-0.25, -0.2) is 4.39 Å². The zero-order chi connectivity index (χ0) is 14.0. The Kier molecular flexibility index (Phi) is 4.46. The summed E-state index contributed by atoms with van der Waals surface area (Å²) in [6.07, 6.45) is 4.96. The van der Waals surface area contributed by atoms with Gasteiger partial charge in [-0.2, -0.15) is 0 Å². The molecular weight excluding hydrogens is 239 g/mol. The van der Waals surface area contributed by atoms with Crippen molar-refractivity contribution in [3.8, 4) is 0 Å². The van der Waals surface area contributed by atoms with Gasteiger partial charge in [-0.15, -0.1) is 0 Å². The molecule has 1 aromatic rings. The van der Waals surface area contributed by atoms with E-state index < -0.39 is 0 Å². The molecule has 1 saturated carbocycles. The highest BCUT2D eigenvalue weighted by atomic mass is 19.1. The molecule has 0 aromatic heterocycles. The minimum atomic E-state index is -0.157. The Morgan fingerprint density at radius 2 is 2.00 bits per heavy atom. The normalized spacial score (nSPS) is 25.1. The average Bonchev–Trinajstić information content (AvgIpc) is 2.38. The first kappa shape index (κ1) is 14.3. The second-order valence-corrected chi connectivity index (χ2v) is 5.94. The highest BCUT2D eigenvalue weighted by Gasteiger charge is 2.26. The Morgan fingerprint density at radius 1 is 1.32 bits per heavy atom. The van der Waals surface area contributed by atoms with Crippen LogP contribution in [0.3, 0.4) is 0 Å². The van der Waals surface area contributed by atoms with Crippen LogP contribution in [0, 0.1) is 11.7 Å². The van der Waals surface area contributed by atoms with E-state index >= 15 is 0 Å². The predicted octanol–water partition coefficient (Wildman–Crippen LogP) is 3.86. The van der Waals surface area contributed by atoms with E-state index in [4.69, 9.17) is 5.73 Å². The van der Waals surface area contributed by atoms with Gasteiger partial charge in [0.1, 0.15) is 5.82 Å². The van der Waals surface area contributed by atoms with Gasteiger partial charge in [0.15, 0.2) is 0 Å². The first-order chi connectivity index (χ1) is 9.00. The number of hydrogen-bond acceptors (Lipinski definition) is 2. The Bertz CT molecular complexity index is 431. The molecule has 2 rings (SSSR count). The number of nitrogens with zero attached hydrogens (tertiary/aromatic N) is 1. The highest BCUT2D eigenvalue weighted by Crippen LogP contribution is 2.32. The summed E-state index contributed by atoms with van der Waals surface area (Å²) < 4.78 is 14.2. The SMILES string of the molecule is CC(N)c1ccc(N(C)C2CCCCC2C)c(F)c1. The van der Waals surface area contributed by atoms with Crippen LogP contribution in [-0.4, -0.2) is 13.1 Å². The van der Waals surface area contributed by atoms with Crippen molar-refractivity contribution in [2.45, 2.75) is 51.6 Å². The molecule has 19 heavy (non-hydrogen) atoms. The van der Waals surface area contributed by atoms with E-state index in [0.29, 0.717) is 17.6 Å². The van der Waals surface area contributed by atoms with Crippen LogP contribution in [0.1, 0.15) is 51.1 Å². The molecular formula is C16H25FN2. The maximum Gasteiger partial charge on any atom is 0.146 e. The molecule has 0 spiro atoms. The van der Waals surface area contributed by atoms with Crippen LogP contribution >= 0.6 is 0 Å². The molecule has 2 nitrogen and oxygen atoms in total. The summed E-state index contributed by atoms with van der Waals surface area (Å²) >= 11 is 0.